The highest BCUT2D eigenvalue weighted by Gasteiger charge is 2.10. The van der Waals surface area contributed by atoms with Crippen molar-refractivity contribution in [2.24, 2.45) is 5.10 Å². The second-order valence-electron chi connectivity index (χ2n) is 5.69. The summed E-state index contributed by atoms with van der Waals surface area (Å²) in [6.45, 7) is 3.82. The van der Waals surface area contributed by atoms with Gasteiger partial charge in [-0.3, -0.25) is 19.7 Å². The van der Waals surface area contributed by atoms with Crippen molar-refractivity contribution in [3.05, 3.63) is 69.3 Å². The van der Waals surface area contributed by atoms with Crippen molar-refractivity contribution in [2.75, 3.05) is 5.32 Å². The van der Waals surface area contributed by atoms with Gasteiger partial charge in [-0.05, 0) is 25.5 Å². The number of carbonyl (C=O) groups excluding carboxylic acids is 2. The number of amides is 2. The molecule has 2 aromatic rings. The van der Waals surface area contributed by atoms with Crippen LogP contribution in [-0.4, -0.2) is 23.0 Å². The lowest BCUT2D eigenvalue weighted by Gasteiger charge is -2.08. The van der Waals surface area contributed by atoms with E-state index in [0.29, 0.717) is 11.3 Å². The molecule has 0 unspecified atom stereocenters. The van der Waals surface area contributed by atoms with E-state index in [1.165, 1.54) is 24.4 Å². The molecule has 2 aromatic carbocycles. The first-order chi connectivity index (χ1) is 12.3. The molecule has 0 aromatic heterocycles. The Labute approximate surface area is 150 Å². The Bertz CT molecular complexity index is 877. The van der Waals surface area contributed by atoms with Gasteiger partial charge in [0, 0.05) is 23.4 Å². The third-order valence-corrected chi connectivity index (χ3v) is 3.46. The molecule has 0 saturated heterocycles. The fourth-order valence-corrected chi connectivity index (χ4v) is 2.23. The molecule has 2 rings (SSSR count). The Morgan fingerprint density at radius 2 is 1.92 bits per heavy atom. The summed E-state index contributed by atoms with van der Waals surface area (Å²) < 4.78 is 0. The van der Waals surface area contributed by atoms with Crippen molar-refractivity contribution in [2.45, 2.75) is 20.3 Å². The maximum atomic E-state index is 11.9. The van der Waals surface area contributed by atoms with Gasteiger partial charge in [0.15, 0.2) is 0 Å². The smallest absolute Gasteiger partial charge is 0.270 e. The van der Waals surface area contributed by atoms with E-state index in [2.05, 4.69) is 15.8 Å². The van der Waals surface area contributed by atoms with Crippen LogP contribution in [0.5, 0.6) is 0 Å². The number of nitrogens with one attached hydrogen (secondary N) is 2. The molecule has 0 saturated carbocycles. The number of aryl methyl sites for hydroxylation is 2. The second kappa shape index (κ2) is 8.52. The Morgan fingerprint density at radius 1 is 1.15 bits per heavy atom. The van der Waals surface area contributed by atoms with Crippen molar-refractivity contribution in [1.82, 2.24) is 5.43 Å². The molecule has 0 heterocycles. The standard InChI is InChI=1S/C18H18N4O4/c1-12-6-7-16(13(2)8-12)20-17(23)10-18(24)21-19-11-14-4-3-5-15(9-14)22(25)26/h3-9,11H,10H2,1-2H3,(H,20,23)(H,21,24). The van der Waals surface area contributed by atoms with Crippen LogP contribution in [0.4, 0.5) is 11.4 Å². The van der Waals surface area contributed by atoms with Crippen LogP contribution in [0.3, 0.4) is 0 Å². The van der Waals surface area contributed by atoms with Crippen LogP contribution in [0.15, 0.2) is 47.6 Å². The molecule has 2 amide bonds. The van der Waals surface area contributed by atoms with Crippen LogP contribution < -0.4 is 10.7 Å². The van der Waals surface area contributed by atoms with Crippen LogP contribution in [0, 0.1) is 24.0 Å². The lowest BCUT2D eigenvalue weighted by atomic mass is 10.1. The van der Waals surface area contributed by atoms with Crippen molar-refractivity contribution in [3.63, 3.8) is 0 Å². The first kappa shape index (κ1) is 18.8. The van der Waals surface area contributed by atoms with Gasteiger partial charge in [0.05, 0.1) is 11.1 Å². The summed E-state index contributed by atoms with van der Waals surface area (Å²) in [6, 6.07) is 11.4. The summed E-state index contributed by atoms with van der Waals surface area (Å²) in [4.78, 5) is 33.8. The van der Waals surface area contributed by atoms with Gasteiger partial charge in [-0.2, -0.15) is 5.10 Å². The predicted octanol–water partition coefficient (Wildman–Crippen LogP) is 2.69. The van der Waals surface area contributed by atoms with Crippen molar-refractivity contribution < 1.29 is 14.5 Å². The highest BCUT2D eigenvalue weighted by atomic mass is 16.6. The van der Waals surface area contributed by atoms with Gasteiger partial charge in [0.25, 0.3) is 5.69 Å². The first-order valence-corrected chi connectivity index (χ1v) is 7.78. The molecule has 0 fully saturated rings. The lowest BCUT2D eigenvalue weighted by Crippen LogP contribution is -2.24. The van der Waals surface area contributed by atoms with Gasteiger partial charge in [0.2, 0.25) is 11.8 Å². The highest BCUT2D eigenvalue weighted by molar-refractivity contribution is 6.04. The van der Waals surface area contributed by atoms with Crippen molar-refractivity contribution >= 4 is 29.4 Å². The van der Waals surface area contributed by atoms with Crippen molar-refractivity contribution in [1.29, 1.82) is 0 Å². The van der Waals surface area contributed by atoms with Gasteiger partial charge in [0.1, 0.15) is 6.42 Å². The molecular formula is C18H18N4O4. The number of hydrogen-bond donors (Lipinski definition) is 2. The van der Waals surface area contributed by atoms with Crippen LogP contribution in [0.1, 0.15) is 23.1 Å². The largest absolute Gasteiger partial charge is 0.325 e. The third-order valence-electron chi connectivity index (χ3n) is 3.46. The van der Waals surface area contributed by atoms with Gasteiger partial charge < -0.3 is 5.32 Å². The molecule has 26 heavy (non-hydrogen) atoms. The molecule has 8 nitrogen and oxygen atoms in total. The monoisotopic (exact) mass is 354 g/mol. The first-order valence-electron chi connectivity index (χ1n) is 7.78. The molecule has 8 heteroatoms. The Hall–Kier alpha value is -3.55. The fourth-order valence-electron chi connectivity index (χ4n) is 2.23. The predicted molar refractivity (Wildman–Crippen MR) is 98.0 cm³/mol. The maximum Gasteiger partial charge on any atom is 0.270 e. The topological polar surface area (TPSA) is 114 Å². The molecule has 2 N–H and O–H groups in total. The number of nitrogens with zero attached hydrogens (tertiary/aromatic N) is 2. The Balaban J connectivity index is 1.87. The lowest BCUT2D eigenvalue weighted by molar-refractivity contribution is -0.384. The second-order valence-corrected chi connectivity index (χ2v) is 5.69. The molecule has 0 aliphatic carbocycles. The van der Waals surface area contributed by atoms with E-state index in [1.54, 1.807) is 12.1 Å². The van der Waals surface area contributed by atoms with E-state index in [1.807, 2.05) is 26.0 Å². The highest BCUT2D eigenvalue weighted by Crippen LogP contribution is 2.16. The van der Waals surface area contributed by atoms with Gasteiger partial charge >= 0.3 is 0 Å². The molecule has 134 valence electrons. The fraction of sp³-hybridized carbons (Fsp3) is 0.167. The molecule has 0 spiro atoms. The summed E-state index contributed by atoms with van der Waals surface area (Å²) in [6.07, 6.45) is 0.881. The average Bonchev–Trinajstić information content (AvgIpc) is 2.57. The number of hydrogen-bond acceptors (Lipinski definition) is 5. The van der Waals surface area contributed by atoms with Gasteiger partial charge in [-0.1, -0.05) is 29.8 Å². The summed E-state index contributed by atoms with van der Waals surface area (Å²) in [7, 11) is 0. The number of nitro groups is 1. The number of benzene rings is 2. The summed E-state index contributed by atoms with van der Waals surface area (Å²) >= 11 is 0. The van der Waals surface area contributed by atoms with E-state index in [-0.39, 0.29) is 12.1 Å². The molecule has 0 aliphatic heterocycles. The Kier molecular flexibility index (Phi) is 6.15. The molecule has 0 atom stereocenters. The average molecular weight is 354 g/mol. The Morgan fingerprint density at radius 3 is 2.62 bits per heavy atom. The zero-order valence-electron chi connectivity index (χ0n) is 14.4. The zero-order chi connectivity index (χ0) is 19.1. The molecule has 0 bridgehead atoms. The van der Waals surface area contributed by atoms with Crippen LogP contribution in [0.2, 0.25) is 0 Å². The van der Waals surface area contributed by atoms with E-state index in [9.17, 15) is 19.7 Å². The van der Waals surface area contributed by atoms with E-state index >= 15 is 0 Å². The van der Waals surface area contributed by atoms with E-state index in [4.69, 9.17) is 0 Å². The number of carbonyl (C=O) groups is 2. The van der Waals surface area contributed by atoms with E-state index in [0.717, 1.165) is 11.1 Å². The van der Waals surface area contributed by atoms with Gasteiger partial charge in [-0.25, -0.2) is 5.43 Å². The number of anilines is 1. The summed E-state index contributed by atoms with van der Waals surface area (Å²) in [5.41, 5.74) is 5.23. The van der Waals surface area contributed by atoms with Crippen molar-refractivity contribution in [3.8, 4) is 0 Å². The third kappa shape index (κ3) is 5.52. The molecule has 0 aliphatic rings. The van der Waals surface area contributed by atoms with Crippen LogP contribution in [-0.2, 0) is 9.59 Å². The summed E-state index contributed by atoms with van der Waals surface area (Å²) in [5.74, 6) is -1.05. The zero-order valence-corrected chi connectivity index (χ0v) is 14.4. The van der Waals surface area contributed by atoms with E-state index < -0.39 is 16.7 Å². The number of hydrazone groups is 1. The minimum atomic E-state index is -0.589. The molecule has 0 radical (unpaired) electrons. The number of nitro benzene ring substituents is 1. The minimum absolute atomic E-state index is 0.0758. The quantitative estimate of drug-likeness (QED) is 0.359. The summed E-state index contributed by atoms with van der Waals surface area (Å²) in [5, 5.41) is 17.1. The van der Waals surface area contributed by atoms with Crippen LogP contribution in [0.25, 0.3) is 0 Å². The normalized spacial score (nSPS) is 10.5. The van der Waals surface area contributed by atoms with Gasteiger partial charge in [-0.15, -0.1) is 0 Å². The maximum absolute atomic E-state index is 11.9. The minimum Gasteiger partial charge on any atom is -0.325 e. The SMILES string of the molecule is Cc1ccc(NC(=O)CC(=O)NN=Cc2cccc([N+](=O)[O-])c2)c(C)c1. The molecular weight excluding hydrogens is 336 g/mol. The number of rotatable bonds is 6. The number of non-ortho nitro benzene ring substituents is 1. The van der Waals surface area contributed by atoms with Crippen LogP contribution >= 0.6 is 0 Å².